The van der Waals surface area contributed by atoms with Crippen molar-refractivity contribution in [2.45, 2.75) is 63.9 Å². The molecule has 0 aromatic heterocycles. The van der Waals surface area contributed by atoms with Crippen LogP contribution in [0.25, 0.3) is 0 Å². The summed E-state index contributed by atoms with van der Waals surface area (Å²) < 4.78 is 10.9. The van der Waals surface area contributed by atoms with Crippen LogP contribution in [0.5, 0.6) is 0 Å². The highest BCUT2D eigenvalue weighted by Crippen LogP contribution is 2.58. The van der Waals surface area contributed by atoms with Crippen LogP contribution in [0.15, 0.2) is 0 Å². The summed E-state index contributed by atoms with van der Waals surface area (Å²) >= 11 is 0. The van der Waals surface area contributed by atoms with Gasteiger partial charge in [0.25, 0.3) is 0 Å². The summed E-state index contributed by atoms with van der Waals surface area (Å²) in [5, 5.41) is 9.41. The van der Waals surface area contributed by atoms with Crippen LogP contribution in [0.4, 0.5) is 0 Å². The van der Waals surface area contributed by atoms with Gasteiger partial charge in [0.05, 0.1) is 12.2 Å². The van der Waals surface area contributed by atoms with Crippen LogP contribution in [-0.4, -0.2) is 20.0 Å². The van der Waals surface area contributed by atoms with Crippen LogP contribution in [0.1, 0.15) is 57.8 Å². The van der Waals surface area contributed by atoms with Crippen LogP contribution in [0.3, 0.4) is 0 Å². The molecule has 1 unspecified atom stereocenters. The van der Waals surface area contributed by atoms with Crippen LogP contribution >= 0.6 is 0 Å². The Kier molecular flexibility index (Phi) is 4.65. The number of hydrogen-bond acceptors (Lipinski definition) is 3. The fourth-order valence-electron chi connectivity index (χ4n) is 6.77. The lowest BCUT2D eigenvalue weighted by atomic mass is 9.54. The van der Waals surface area contributed by atoms with Gasteiger partial charge in [-0.15, -0.1) is 0 Å². The van der Waals surface area contributed by atoms with E-state index in [1.807, 2.05) is 0 Å². The normalized spacial score (nSPS) is 48.9. The molecule has 3 nitrogen and oxygen atoms in total. The van der Waals surface area contributed by atoms with E-state index in [0.29, 0.717) is 18.8 Å². The maximum atomic E-state index is 9.41. The first-order chi connectivity index (χ1) is 11.3. The molecule has 0 aromatic carbocycles. The summed E-state index contributed by atoms with van der Waals surface area (Å²) in [6.07, 6.45) is 12.4. The fourth-order valence-corrected chi connectivity index (χ4v) is 6.77. The largest absolute Gasteiger partial charge is 0.359 e. The molecule has 0 saturated heterocycles. The van der Waals surface area contributed by atoms with E-state index in [9.17, 15) is 5.26 Å². The number of ether oxygens (including phenoxy) is 2. The third kappa shape index (κ3) is 2.94. The lowest BCUT2D eigenvalue weighted by molar-refractivity contribution is -0.111. The molecule has 4 saturated carbocycles. The molecule has 0 amide bonds. The second-order valence-corrected chi connectivity index (χ2v) is 8.64. The van der Waals surface area contributed by atoms with Crippen molar-refractivity contribution in [3.05, 3.63) is 0 Å². The molecule has 0 N–H and O–H groups in total. The molecule has 128 valence electrons. The van der Waals surface area contributed by atoms with E-state index in [-0.39, 0.29) is 0 Å². The van der Waals surface area contributed by atoms with Gasteiger partial charge < -0.3 is 9.47 Å². The van der Waals surface area contributed by atoms with Crippen molar-refractivity contribution in [3.63, 3.8) is 0 Å². The van der Waals surface area contributed by atoms with Crippen molar-refractivity contribution in [1.29, 1.82) is 5.26 Å². The van der Waals surface area contributed by atoms with Crippen LogP contribution in [-0.2, 0) is 9.47 Å². The first-order valence-electron chi connectivity index (χ1n) is 9.80. The summed E-state index contributed by atoms with van der Waals surface area (Å²) in [6.45, 7) is 0.452. The van der Waals surface area contributed by atoms with Crippen LogP contribution in [0, 0.1) is 52.8 Å². The maximum absolute atomic E-state index is 9.41. The lowest BCUT2D eigenvalue weighted by Crippen LogP contribution is -2.44. The van der Waals surface area contributed by atoms with Gasteiger partial charge in [-0.25, -0.2) is 0 Å². The zero-order valence-electron chi connectivity index (χ0n) is 14.5. The third-order valence-electron chi connectivity index (χ3n) is 7.76. The monoisotopic (exact) mass is 317 g/mol. The van der Waals surface area contributed by atoms with Gasteiger partial charge in [-0.3, -0.25) is 0 Å². The minimum Gasteiger partial charge on any atom is -0.359 e. The molecule has 0 spiro atoms. The van der Waals surface area contributed by atoms with E-state index < -0.39 is 0 Å². The standard InChI is InChI=1S/C20H31NO2/c1-22-12-23-17-6-7-18-13(8-17)2-3-15-9-19-14(10-20(15)18)4-5-16(19)11-21/h13-20H,2-10,12H2,1H3/t13-,14+,15-,16-,17+,18-,19?,20-/m0/s1. The number of hydrogen-bond donors (Lipinski definition) is 0. The number of methoxy groups -OCH3 is 1. The van der Waals surface area contributed by atoms with Crippen molar-refractivity contribution in [2.24, 2.45) is 41.4 Å². The summed E-state index contributed by atoms with van der Waals surface area (Å²) in [5.74, 6) is 5.67. The highest BCUT2D eigenvalue weighted by Gasteiger charge is 2.50. The Morgan fingerprint density at radius 1 is 0.826 bits per heavy atom. The first kappa shape index (κ1) is 15.9. The molecular formula is C20H31NO2. The van der Waals surface area contributed by atoms with E-state index in [1.54, 1.807) is 7.11 Å². The molecule has 4 aliphatic rings. The first-order valence-corrected chi connectivity index (χ1v) is 9.80. The van der Waals surface area contributed by atoms with Crippen molar-refractivity contribution in [1.82, 2.24) is 0 Å². The molecule has 4 rings (SSSR count). The molecule has 0 aromatic rings. The molecule has 3 heteroatoms. The average molecular weight is 317 g/mol. The fraction of sp³-hybridized carbons (Fsp3) is 0.950. The molecule has 4 fully saturated rings. The molecule has 8 atom stereocenters. The number of rotatable bonds is 3. The Morgan fingerprint density at radius 2 is 1.52 bits per heavy atom. The van der Waals surface area contributed by atoms with Gasteiger partial charge >= 0.3 is 0 Å². The highest BCUT2D eigenvalue weighted by molar-refractivity contribution is 5.03. The molecule has 23 heavy (non-hydrogen) atoms. The van der Waals surface area contributed by atoms with E-state index >= 15 is 0 Å². The number of nitriles is 1. The zero-order chi connectivity index (χ0) is 15.8. The second kappa shape index (κ2) is 6.73. The van der Waals surface area contributed by atoms with Crippen molar-refractivity contribution in [2.75, 3.05) is 13.9 Å². The van der Waals surface area contributed by atoms with Gasteiger partial charge in [0.15, 0.2) is 0 Å². The summed E-state index contributed by atoms with van der Waals surface area (Å²) in [7, 11) is 1.71. The third-order valence-corrected chi connectivity index (χ3v) is 7.76. The predicted octanol–water partition coefficient (Wildman–Crippen LogP) is 4.38. The van der Waals surface area contributed by atoms with Gasteiger partial charge in [0, 0.05) is 13.0 Å². The lowest BCUT2D eigenvalue weighted by Gasteiger charge is -2.52. The van der Waals surface area contributed by atoms with Gasteiger partial charge in [-0.2, -0.15) is 5.26 Å². The van der Waals surface area contributed by atoms with Crippen LogP contribution < -0.4 is 0 Å². The molecule has 0 radical (unpaired) electrons. The molecule has 0 heterocycles. The SMILES string of the molecule is COCO[C@@H]1CC[C@H]2[C@@H](CC[C@H]3CC4[C@H](CC[C@H]4C#N)C[C@@H]32)C1. The van der Waals surface area contributed by atoms with Crippen molar-refractivity contribution in [3.8, 4) is 6.07 Å². The average Bonchev–Trinajstić information content (AvgIpc) is 2.99. The predicted molar refractivity (Wildman–Crippen MR) is 88.3 cm³/mol. The molecular weight excluding hydrogens is 286 g/mol. The van der Waals surface area contributed by atoms with Gasteiger partial charge in [-0.1, -0.05) is 0 Å². The Labute approximate surface area is 140 Å². The Bertz CT molecular complexity index is 459. The minimum atomic E-state index is 0.372. The van der Waals surface area contributed by atoms with E-state index in [0.717, 1.165) is 35.5 Å². The van der Waals surface area contributed by atoms with Gasteiger partial charge in [0.2, 0.25) is 0 Å². The highest BCUT2D eigenvalue weighted by atomic mass is 16.7. The van der Waals surface area contributed by atoms with Gasteiger partial charge in [0.1, 0.15) is 6.79 Å². The summed E-state index contributed by atoms with van der Waals surface area (Å²) in [4.78, 5) is 0. The van der Waals surface area contributed by atoms with E-state index in [1.165, 1.54) is 57.8 Å². The number of nitrogens with zero attached hydrogens (tertiary/aromatic N) is 1. The Hall–Kier alpha value is -0.590. The van der Waals surface area contributed by atoms with Crippen LogP contribution in [0.2, 0.25) is 0 Å². The van der Waals surface area contributed by atoms with E-state index in [4.69, 9.17) is 9.47 Å². The summed E-state index contributed by atoms with van der Waals surface area (Å²) in [5.41, 5.74) is 0. The second-order valence-electron chi connectivity index (χ2n) is 8.64. The number of fused-ring (bicyclic) bond motifs is 4. The zero-order valence-corrected chi connectivity index (χ0v) is 14.5. The smallest absolute Gasteiger partial charge is 0.146 e. The van der Waals surface area contributed by atoms with Crippen molar-refractivity contribution < 1.29 is 9.47 Å². The molecule has 0 aliphatic heterocycles. The Balaban J connectivity index is 1.40. The van der Waals surface area contributed by atoms with E-state index in [2.05, 4.69) is 6.07 Å². The van der Waals surface area contributed by atoms with Gasteiger partial charge in [-0.05, 0) is 93.3 Å². The minimum absolute atomic E-state index is 0.372. The molecule has 0 bridgehead atoms. The maximum Gasteiger partial charge on any atom is 0.146 e. The quantitative estimate of drug-likeness (QED) is 0.726. The summed E-state index contributed by atoms with van der Waals surface area (Å²) in [6, 6.07) is 2.61. The topological polar surface area (TPSA) is 42.2 Å². The molecule has 4 aliphatic carbocycles. The van der Waals surface area contributed by atoms with Crippen molar-refractivity contribution >= 4 is 0 Å². The Morgan fingerprint density at radius 3 is 2.30 bits per heavy atom.